The summed E-state index contributed by atoms with van der Waals surface area (Å²) in [5.41, 5.74) is 2.78. The van der Waals surface area contributed by atoms with Gasteiger partial charge in [-0.15, -0.1) is 15.3 Å². The van der Waals surface area contributed by atoms with Crippen molar-refractivity contribution in [1.29, 1.82) is 0 Å². The summed E-state index contributed by atoms with van der Waals surface area (Å²) in [6.45, 7) is 1.89. The number of rotatable bonds is 5. The Morgan fingerprint density at radius 1 is 1.03 bits per heavy atom. The number of fused-ring (bicyclic) bond motifs is 1. The molecule has 0 fully saturated rings. The molecular weight excluding hydrogens is 384 g/mol. The Bertz CT molecular complexity index is 1310. The van der Waals surface area contributed by atoms with Crippen molar-refractivity contribution < 1.29 is 9.15 Å². The summed E-state index contributed by atoms with van der Waals surface area (Å²) < 4.78 is 12.2. The van der Waals surface area contributed by atoms with Crippen molar-refractivity contribution in [3.8, 4) is 28.7 Å². The summed E-state index contributed by atoms with van der Waals surface area (Å²) in [4.78, 5) is 13.2. The van der Waals surface area contributed by atoms with Crippen LogP contribution in [0, 0.1) is 6.92 Å². The van der Waals surface area contributed by atoms with E-state index in [-0.39, 0.29) is 0 Å². The van der Waals surface area contributed by atoms with Crippen molar-refractivity contribution in [3.05, 3.63) is 60.6 Å². The molecule has 0 amide bonds. The first-order valence-corrected chi connectivity index (χ1v) is 9.10. The van der Waals surface area contributed by atoms with Gasteiger partial charge in [0.25, 0.3) is 5.78 Å². The molecule has 10 nitrogen and oxygen atoms in total. The minimum absolute atomic E-state index is 0.383. The maximum atomic E-state index is 5.37. The number of aryl methyl sites for hydroxylation is 1. The number of benzene rings is 1. The molecule has 4 aromatic heterocycles. The topological polar surface area (TPSA) is 116 Å². The van der Waals surface area contributed by atoms with E-state index < -0.39 is 0 Å². The van der Waals surface area contributed by atoms with Crippen molar-refractivity contribution in [3.63, 3.8) is 0 Å². The molecule has 1 N–H and O–H groups in total. The largest absolute Gasteiger partial charge is 0.497 e. The number of nitrogens with one attached hydrogen (secondary N) is 1. The monoisotopic (exact) mass is 400 g/mol. The highest BCUT2D eigenvalue weighted by molar-refractivity contribution is 5.62. The Balaban J connectivity index is 1.49. The van der Waals surface area contributed by atoms with Crippen molar-refractivity contribution in [2.75, 3.05) is 12.4 Å². The highest BCUT2D eigenvalue weighted by Gasteiger charge is 2.16. The number of nitrogens with zero attached hydrogens (tertiary/aromatic N) is 7. The van der Waals surface area contributed by atoms with Gasteiger partial charge in [-0.05, 0) is 49.4 Å². The second-order valence-electron chi connectivity index (χ2n) is 6.38. The highest BCUT2D eigenvalue weighted by Crippen LogP contribution is 2.23. The van der Waals surface area contributed by atoms with E-state index in [0.29, 0.717) is 34.7 Å². The second-order valence-corrected chi connectivity index (χ2v) is 6.38. The summed E-state index contributed by atoms with van der Waals surface area (Å²) in [5, 5.41) is 16.1. The number of anilines is 2. The predicted molar refractivity (Wildman–Crippen MR) is 108 cm³/mol. The second kappa shape index (κ2) is 7.24. The lowest BCUT2D eigenvalue weighted by molar-refractivity contribution is 0.415. The fourth-order valence-corrected chi connectivity index (χ4v) is 2.96. The van der Waals surface area contributed by atoms with Crippen molar-refractivity contribution >= 4 is 17.4 Å². The van der Waals surface area contributed by atoms with E-state index in [1.165, 1.54) is 0 Å². The Labute approximate surface area is 170 Å². The van der Waals surface area contributed by atoms with Crippen LogP contribution in [0.15, 0.2) is 59.3 Å². The summed E-state index contributed by atoms with van der Waals surface area (Å²) in [6.07, 6.45) is 3.23. The van der Waals surface area contributed by atoms with Crippen molar-refractivity contribution in [2.45, 2.75) is 6.92 Å². The van der Waals surface area contributed by atoms with Gasteiger partial charge in [0, 0.05) is 11.9 Å². The lowest BCUT2D eigenvalue weighted by Crippen LogP contribution is -2.05. The molecule has 0 spiro atoms. The molecule has 5 rings (SSSR count). The SMILES string of the molecule is COc1ccc(Nc2nccc(-c3nnc4nc(-c5ccco5)nn4c3C)n2)cc1. The van der Waals surface area contributed by atoms with Crippen LogP contribution in [0.4, 0.5) is 11.6 Å². The van der Waals surface area contributed by atoms with E-state index >= 15 is 0 Å². The molecular formula is C20H16N8O2. The fourth-order valence-electron chi connectivity index (χ4n) is 2.96. The normalized spacial score (nSPS) is 11.0. The van der Waals surface area contributed by atoms with Crippen LogP contribution in [0.1, 0.15) is 5.69 Å². The molecule has 1 aromatic carbocycles. The van der Waals surface area contributed by atoms with Gasteiger partial charge in [0.2, 0.25) is 11.8 Å². The van der Waals surface area contributed by atoms with Crippen LogP contribution in [0.5, 0.6) is 5.75 Å². The molecule has 0 aliphatic carbocycles. The van der Waals surface area contributed by atoms with E-state index in [1.807, 2.05) is 31.2 Å². The smallest absolute Gasteiger partial charge is 0.272 e. The molecule has 0 radical (unpaired) electrons. The Hall–Kier alpha value is -4.34. The van der Waals surface area contributed by atoms with Gasteiger partial charge in [-0.2, -0.15) is 9.50 Å². The fraction of sp³-hybridized carbons (Fsp3) is 0.100. The molecule has 148 valence electrons. The predicted octanol–water partition coefficient (Wildman–Crippen LogP) is 3.30. The van der Waals surface area contributed by atoms with Crippen LogP contribution in [0.3, 0.4) is 0 Å². The van der Waals surface area contributed by atoms with E-state index in [0.717, 1.165) is 17.1 Å². The maximum absolute atomic E-state index is 5.37. The standard InChI is InChI=1S/C20H16N8O2/c1-12-17(25-26-20-24-18(27-28(12)20)16-4-3-11-30-16)15-9-10-21-19(23-15)22-13-5-7-14(29-2)8-6-13/h3-11H,1-2H3,(H,21,22,23). The van der Waals surface area contributed by atoms with Gasteiger partial charge < -0.3 is 14.5 Å². The Kier molecular flexibility index (Phi) is 4.28. The van der Waals surface area contributed by atoms with E-state index in [2.05, 4.69) is 35.6 Å². The molecule has 0 atom stereocenters. The average molecular weight is 400 g/mol. The van der Waals surface area contributed by atoms with Gasteiger partial charge in [0.05, 0.1) is 24.8 Å². The van der Waals surface area contributed by atoms with Crippen LogP contribution in [-0.2, 0) is 0 Å². The molecule has 0 saturated carbocycles. The molecule has 0 saturated heterocycles. The van der Waals surface area contributed by atoms with Gasteiger partial charge in [-0.25, -0.2) is 9.97 Å². The summed E-state index contributed by atoms with van der Waals surface area (Å²) in [6, 6.07) is 12.8. The summed E-state index contributed by atoms with van der Waals surface area (Å²) in [5.74, 6) is 2.60. The Morgan fingerprint density at radius 2 is 1.90 bits per heavy atom. The van der Waals surface area contributed by atoms with Crippen LogP contribution in [0.25, 0.3) is 28.8 Å². The maximum Gasteiger partial charge on any atom is 0.272 e. The zero-order valence-electron chi connectivity index (χ0n) is 16.1. The van der Waals surface area contributed by atoms with Crippen LogP contribution < -0.4 is 10.1 Å². The van der Waals surface area contributed by atoms with Crippen LogP contribution in [0.2, 0.25) is 0 Å². The number of methoxy groups -OCH3 is 1. The molecule has 0 aliphatic heterocycles. The van der Waals surface area contributed by atoms with Gasteiger partial charge >= 0.3 is 0 Å². The van der Waals surface area contributed by atoms with Crippen LogP contribution in [-0.4, -0.2) is 41.9 Å². The minimum Gasteiger partial charge on any atom is -0.497 e. The third kappa shape index (κ3) is 3.20. The van der Waals surface area contributed by atoms with Gasteiger partial charge in [0.15, 0.2) is 5.76 Å². The first kappa shape index (κ1) is 17.7. The first-order valence-electron chi connectivity index (χ1n) is 9.10. The lowest BCUT2D eigenvalue weighted by atomic mass is 10.2. The Morgan fingerprint density at radius 3 is 2.67 bits per heavy atom. The summed E-state index contributed by atoms with van der Waals surface area (Å²) in [7, 11) is 1.63. The molecule has 4 heterocycles. The minimum atomic E-state index is 0.383. The van der Waals surface area contributed by atoms with Crippen LogP contribution >= 0.6 is 0 Å². The van der Waals surface area contributed by atoms with Gasteiger partial charge in [-0.1, -0.05) is 0 Å². The quantitative estimate of drug-likeness (QED) is 0.474. The van der Waals surface area contributed by atoms with Gasteiger partial charge in [-0.3, -0.25) is 0 Å². The van der Waals surface area contributed by atoms with E-state index in [9.17, 15) is 0 Å². The molecule has 5 aromatic rings. The lowest BCUT2D eigenvalue weighted by Gasteiger charge is -2.08. The molecule has 0 aliphatic rings. The number of ether oxygens (including phenoxy) is 1. The van der Waals surface area contributed by atoms with E-state index in [1.54, 1.807) is 42.3 Å². The van der Waals surface area contributed by atoms with E-state index in [4.69, 9.17) is 9.15 Å². The highest BCUT2D eigenvalue weighted by atomic mass is 16.5. The number of hydrogen-bond acceptors (Lipinski definition) is 9. The zero-order chi connectivity index (χ0) is 20.5. The molecule has 0 bridgehead atoms. The first-order chi connectivity index (χ1) is 14.7. The van der Waals surface area contributed by atoms with Crippen molar-refractivity contribution in [1.82, 2.24) is 34.8 Å². The number of aromatic nitrogens is 7. The third-order valence-electron chi connectivity index (χ3n) is 4.48. The van der Waals surface area contributed by atoms with Gasteiger partial charge in [0.1, 0.15) is 11.4 Å². The molecule has 0 unspecified atom stereocenters. The average Bonchev–Trinajstić information content (AvgIpc) is 3.45. The zero-order valence-corrected chi connectivity index (χ0v) is 16.1. The number of furan rings is 1. The summed E-state index contributed by atoms with van der Waals surface area (Å²) >= 11 is 0. The third-order valence-corrected chi connectivity index (χ3v) is 4.48. The molecule has 10 heteroatoms. The molecule has 30 heavy (non-hydrogen) atoms. The number of hydrogen-bond donors (Lipinski definition) is 1. The van der Waals surface area contributed by atoms with Crippen molar-refractivity contribution in [2.24, 2.45) is 0 Å².